The van der Waals surface area contributed by atoms with E-state index in [0.29, 0.717) is 6.54 Å². The molecule has 1 spiro atoms. The van der Waals surface area contributed by atoms with E-state index >= 15 is 0 Å². The number of hydrogen-bond acceptors (Lipinski definition) is 4. The predicted octanol–water partition coefficient (Wildman–Crippen LogP) is -0.0552. The number of carbonyl (C=O) groups excluding carboxylic acids is 1. The second kappa shape index (κ2) is 3.27. The van der Waals surface area contributed by atoms with Crippen molar-refractivity contribution in [2.24, 2.45) is 0 Å². The highest BCUT2D eigenvalue weighted by molar-refractivity contribution is 5.74. The summed E-state index contributed by atoms with van der Waals surface area (Å²) in [5.41, 5.74) is -0.356. The molecule has 4 heteroatoms. The minimum Gasteiger partial charge on any atom is -0.442 e. The number of likely N-dealkylation sites (tertiary alicyclic amines) is 1. The second-order valence-electron chi connectivity index (χ2n) is 3.79. The van der Waals surface area contributed by atoms with Crippen molar-refractivity contribution in [3.63, 3.8) is 0 Å². The zero-order valence-corrected chi connectivity index (χ0v) is 8.01. The van der Waals surface area contributed by atoms with E-state index < -0.39 is 0 Å². The SMILES string of the molecule is CCN1CCCC2(C1)NCC(=O)O2. The van der Waals surface area contributed by atoms with Gasteiger partial charge in [-0.05, 0) is 19.5 Å². The monoisotopic (exact) mass is 184 g/mol. The van der Waals surface area contributed by atoms with E-state index in [1.807, 2.05) is 0 Å². The van der Waals surface area contributed by atoms with Crippen molar-refractivity contribution in [1.29, 1.82) is 0 Å². The summed E-state index contributed by atoms with van der Waals surface area (Å²) >= 11 is 0. The van der Waals surface area contributed by atoms with Crippen LogP contribution in [0.25, 0.3) is 0 Å². The third-order valence-corrected chi connectivity index (χ3v) is 2.85. The summed E-state index contributed by atoms with van der Waals surface area (Å²) in [4.78, 5) is 13.3. The molecule has 13 heavy (non-hydrogen) atoms. The van der Waals surface area contributed by atoms with E-state index in [2.05, 4.69) is 17.1 Å². The zero-order chi connectivity index (χ0) is 9.31. The van der Waals surface area contributed by atoms with Gasteiger partial charge in [-0.15, -0.1) is 0 Å². The zero-order valence-electron chi connectivity index (χ0n) is 8.01. The molecule has 0 aromatic heterocycles. The Morgan fingerprint density at radius 1 is 1.69 bits per heavy atom. The average Bonchev–Trinajstić information content (AvgIpc) is 2.47. The molecule has 0 aliphatic carbocycles. The summed E-state index contributed by atoms with van der Waals surface area (Å²) in [6, 6.07) is 0. The molecule has 2 heterocycles. The van der Waals surface area contributed by atoms with Gasteiger partial charge in [-0.25, -0.2) is 0 Å². The maximum Gasteiger partial charge on any atom is 0.321 e. The van der Waals surface area contributed by atoms with Crippen LogP contribution >= 0.6 is 0 Å². The van der Waals surface area contributed by atoms with Crippen LogP contribution in [-0.4, -0.2) is 42.8 Å². The first-order chi connectivity index (χ1) is 6.24. The molecular formula is C9H16N2O2. The lowest BCUT2D eigenvalue weighted by atomic mass is 10.0. The number of rotatable bonds is 1. The van der Waals surface area contributed by atoms with Crippen LogP contribution in [0, 0.1) is 0 Å². The number of nitrogens with zero attached hydrogens (tertiary/aromatic N) is 1. The summed E-state index contributed by atoms with van der Waals surface area (Å²) in [6.07, 6.45) is 2.06. The molecule has 0 radical (unpaired) electrons. The molecule has 0 aromatic rings. The van der Waals surface area contributed by atoms with Gasteiger partial charge >= 0.3 is 5.97 Å². The Labute approximate surface area is 78.2 Å². The summed E-state index contributed by atoms with van der Waals surface area (Å²) in [6.45, 7) is 5.50. The normalized spacial score (nSPS) is 35.3. The molecule has 2 rings (SSSR count). The van der Waals surface area contributed by atoms with Gasteiger partial charge in [0.15, 0.2) is 5.72 Å². The summed E-state index contributed by atoms with van der Waals surface area (Å²) in [5, 5.41) is 3.17. The molecule has 2 saturated heterocycles. The fourth-order valence-electron chi connectivity index (χ4n) is 2.13. The van der Waals surface area contributed by atoms with E-state index in [1.165, 1.54) is 0 Å². The number of ether oxygens (including phenoxy) is 1. The second-order valence-corrected chi connectivity index (χ2v) is 3.79. The number of carbonyl (C=O) groups is 1. The van der Waals surface area contributed by atoms with Gasteiger partial charge in [-0.3, -0.25) is 15.0 Å². The van der Waals surface area contributed by atoms with Gasteiger partial charge in [0, 0.05) is 6.42 Å². The first kappa shape index (κ1) is 8.97. The first-order valence-electron chi connectivity index (χ1n) is 4.93. The van der Waals surface area contributed by atoms with Gasteiger partial charge in [0.05, 0.1) is 13.1 Å². The van der Waals surface area contributed by atoms with Crippen LogP contribution in [0.2, 0.25) is 0 Å². The minimum atomic E-state index is -0.356. The van der Waals surface area contributed by atoms with Crippen LogP contribution in [0.15, 0.2) is 0 Å². The molecule has 1 unspecified atom stereocenters. The third kappa shape index (κ3) is 1.69. The highest BCUT2D eigenvalue weighted by Crippen LogP contribution is 2.25. The van der Waals surface area contributed by atoms with Crippen LogP contribution in [0.3, 0.4) is 0 Å². The van der Waals surface area contributed by atoms with Gasteiger partial charge in [0.2, 0.25) is 0 Å². The Morgan fingerprint density at radius 2 is 2.54 bits per heavy atom. The van der Waals surface area contributed by atoms with Crippen molar-refractivity contribution in [3.05, 3.63) is 0 Å². The molecule has 2 aliphatic rings. The van der Waals surface area contributed by atoms with Crippen LogP contribution in [0.5, 0.6) is 0 Å². The quantitative estimate of drug-likeness (QED) is 0.580. The maximum absolute atomic E-state index is 11.0. The van der Waals surface area contributed by atoms with Crippen molar-refractivity contribution in [1.82, 2.24) is 10.2 Å². The Kier molecular flexibility index (Phi) is 2.26. The minimum absolute atomic E-state index is 0.113. The molecule has 1 N–H and O–H groups in total. The molecule has 0 aromatic carbocycles. The lowest BCUT2D eigenvalue weighted by molar-refractivity contribution is -0.153. The lowest BCUT2D eigenvalue weighted by Crippen LogP contribution is -2.54. The number of piperidine rings is 1. The van der Waals surface area contributed by atoms with Crippen molar-refractivity contribution in [3.8, 4) is 0 Å². The highest BCUT2D eigenvalue weighted by atomic mass is 16.6. The van der Waals surface area contributed by atoms with Gasteiger partial charge < -0.3 is 4.74 Å². The van der Waals surface area contributed by atoms with E-state index in [1.54, 1.807) is 0 Å². The van der Waals surface area contributed by atoms with Gasteiger partial charge in [-0.1, -0.05) is 6.92 Å². The predicted molar refractivity (Wildman–Crippen MR) is 48.2 cm³/mol. The average molecular weight is 184 g/mol. The molecule has 0 bridgehead atoms. The molecule has 4 nitrogen and oxygen atoms in total. The highest BCUT2D eigenvalue weighted by Gasteiger charge is 2.42. The summed E-state index contributed by atoms with van der Waals surface area (Å²) in [5.74, 6) is -0.113. The van der Waals surface area contributed by atoms with Crippen molar-refractivity contribution in [2.75, 3.05) is 26.2 Å². The van der Waals surface area contributed by atoms with Gasteiger partial charge in [0.25, 0.3) is 0 Å². The standard InChI is InChI=1S/C9H16N2O2/c1-2-11-5-3-4-9(7-11)10-6-8(12)13-9/h10H,2-7H2,1H3. The number of likely N-dealkylation sites (N-methyl/N-ethyl adjacent to an activating group) is 1. The van der Waals surface area contributed by atoms with Crippen LogP contribution in [-0.2, 0) is 9.53 Å². The van der Waals surface area contributed by atoms with Gasteiger partial charge in [-0.2, -0.15) is 0 Å². The van der Waals surface area contributed by atoms with E-state index in [0.717, 1.165) is 32.5 Å². The van der Waals surface area contributed by atoms with Crippen molar-refractivity contribution < 1.29 is 9.53 Å². The smallest absolute Gasteiger partial charge is 0.321 e. The van der Waals surface area contributed by atoms with E-state index in [9.17, 15) is 4.79 Å². The van der Waals surface area contributed by atoms with Crippen LogP contribution < -0.4 is 5.32 Å². The summed E-state index contributed by atoms with van der Waals surface area (Å²) < 4.78 is 5.33. The maximum atomic E-state index is 11.0. The first-order valence-corrected chi connectivity index (χ1v) is 4.93. The lowest BCUT2D eigenvalue weighted by Gasteiger charge is -2.38. The molecule has 74 valence electrons. The fourth-order valence-corrected chi connectivity index (χ4v) is 2.13. The number of esters is 1. The van der Waals surface area contributed by atoms with Crippen LogP contribution in [0.1, 0.15) is 19.8 Å². The van der Waals surface area contributed by atoms with Crippen molar-refractivity contribution >= 4 is 5.97 Å². The van der Waals surface area contributed by atoms with E-state index in [4.69, 9.17) is 4.74 Å². The largest absolute Gasteiger partial charge is 0.442 e. The molecular weight excluding hydrogens is 168 g/mol. The molecule has 0 amide bonds. The van der Waals surface area contributed by atoms with Gasteiger partial charge in [0.1, 0.15) is 0 Å². The number of nitrogens with one attached hydrogen (secondary N) is 1. The van der Waals surface area contributed by atoms with Crippen LogP contribution in [0.4, 0.5) is 0 Å². The Hall–Kier alpha value is -0.610. The Bertz CT molecular complexity index is 220. The fraction of sp³-hybridized carbons (Fsp3) is 0.889. The number of hydrogen-bond donors (Lipinski definition) is 1. The Morgan fingerprint density at radius 3 is 3.15 bits per heavy atom. The topological polar surface area (TPSA) is 41.6 Å². The van der Waals surface area contributed by atoms with E-state index in [-0.39, 0.29) is 11.7 Å². The van der Waals surface area contributed by atoms with Crippen molar-refractivity contribution in [2.45, 2.75) is 25.5 Å². The molecule has 1 atom stereocenters. The Balaban J connectivity index is 2.02. The molecule has 2 fully saturated rings. The third-order valence-electron chi connectivity index (χ3n) is 2.85. The molecule has 0 saturated carbocycles. The molecule has 2 aliphatic heterocycles. The summed E-state index contributed by atoms with van der Waals surface area (Å²) in [7, 11) is 0.